The van der Waals surface area contributed by atoms with Crippen molar-refractivity contribution in [3.63, 3.8) is 0 Å². The second-order valence-corrected chi connectivity index (χ2v) is 15.7. The Kier molecular flexibility index (Phi) is 9.80. The van der Waals surface area contributed by atoms with E-state index < -0.39 is 8.32 Å². The minimum Gasteiger partial charge on any atom is -1.00 e. The van der Waals surface area contributed by atoms with Crippen LogP contribution in [-0.2, 0) is 20.4 Å². The van der Waals surface area contributed by atoms with Crippen LogP contribution < -0.4 is 45.0 Å². The molecule has 0 spiro atoms. The van der Waals surface area contributed by atoms with Gasteiger partial charge in [0, 0.05) is 0 Å². The van der Waals surface area contributed by atoms with Crippen molar-refractivity contribution < 1.29 is 49.7 Å². The van der Waals surface area contributed by atoms with Gasteiger partial charge < -0.3 is 24.8 Å². The minimum absolute atomic E-state index is 0. The summed E-state index contributed by atoms with van der Waals surface area (Å²) < 4.78 is 8.23. The van der Waals surface area contributed by atoms with Crippen molar-refractivity contribution in [2.24, 2.45) is 0 Å². The van der Waals surface area contributed by atoms with Crippen molar-refractivity contribution in [2.45, 2.75) is 79.6 Å². The monoisotopic (exact) mass is 524 g/mol. The van der Waals surface area contributed by atoms with Crippen LogP contribution in [0.3, 0.4) is 0 Å². The number of rotatable bonds is 5. The van der Waals surface area contributed by atoms with Gasteiger partial charge in [0.05, 0.1) is 0 Å². The van der Waals surface area contributed by atoms with Gasteiger partial charge in [-0.1, -0.05) is 0 Å². The minimum atomic E-state index is -1.81. The zero-order chi connectivity index (χ0) is 22.4. The molecular weight excluding hydrogens is 489 g/mol. The molecule has 0 fully saturated rings. The maximum absolute atomic E-state index is 6.89. The average molecular weight is 525 g/mol. The summed E-state index contributed by atoms with van der Waals surface area (Å²) in [5.74, 6) is 1.11. The molecule has 173 valence electrons. The van der Waals surface area contributed by atoms with Crippen LogP contribution in [0, 0.1) is 6.92 Å². The topological polar surface area (TPSA) is 21.3 Å². The van der Waals surface area contributed by atoms with Crippen molar-refractivity contribution >= 4 is 23.5 Å². The summed E-state index contributed by atoms with van der Waals surface area (Å²) in [7, 11) is -1.81. The van der Waals surface area contributed by atoms with Gasteiger partial charge in [-0.3, -0.25) is 0 Å². The van der Waals surface area contributed by atoms with Gasteiger partial charge in [0.25, 0.3) is 0 Å². The zero-order valence-electron chi connectivity index (χ0n) is 20.9. The predicted molar refractivity (Wildman–Crippen MR) is 130 cm³/mol. The van der Waals surface area contributed by atoms with Crippen LogP contribution >= 0.6 is 0 Å². The molecule has 32 heavy (non-hydrogen) atoms. The van der Waals surface area contributed by atoms with E-state index in [4.69, 9.17) is 4.43 Å². The Hall–Kier alpha value is -0.709. The summed E-state index contributed by atoms with van der Waals surface area (Å²) in [5, 5.41) is 6.50. The molecule has 1 aliphatic carbocycles. The maximum Gasteiger partial charge on any atom is -1.00 e. The number of halogens is 2. The van der Waals surface area contributed by atoms with E-state index in [1.165, 1.54) is 47.8 Å². The standard InChI is InChI=1S/C26H36NOSi.2ClH.Ti/c1-10-13-17(2)22-18(3)24(27-26(4,5)6)21-16-19-14-11-12-15-20(19)23(21)25(22)28-29(7,8)9;;;/h11-12,14-15,27H,10,13H2,1-9H3;2*1H;/q;;;+2/p-2. The smallest absolute Gasteiger partial charge is 1.00 e. The molecule has 1 aliphatic rings. The van der Waals surface area contributed by atoms with Gasteiger partial charge in [-0.25, -0.2) is 0 Å². The quantitative estimate of drug-likeness (QED) is 0.559. The van der Waals surface area contributed by atoms with Gasteiger partial charge in [0.2, 0.25) is 0 Å². The molecule has 6 heteroatoms. The SMILES string of the molecule is CCCC(C)=c1c(C)c(NC(C)(C)C)c2c(c1O[Si](C)(C)C)-c1ccccc1[C]=2[Ti+2].[Cl-].[Cl-]. The van der Waals surface area contributed by atoms with Crippen molar-refractivity contribution in [2.75, 3.05) is 5.32 Å². The number of anilines is 1. The first-order valence-electron chi connectivity index (χ1n) is 11.0. The maximum atomic E-state index is 6.89. The molecule has 2 aromatic carbocycles. The largest absolute Gasteiger partial charge is 1.00 e. The first-order valence-corrected chi connectivity index (χ1v) is 15.2. The molecule has 0 unspecified atom stereocenters. The fraction of sp³-hybridized carbons (Fsp3) is 0.462. The van der Waals surface area contributed by atoms with E-state index >= 15 is 0 Å². The molecule has 0 heterocycles. The molecule has 0 amide bonds. The Bertz CT molecular complexity index is 1110. The Morgan fingerprint density at radius 1 is 1.06 bits per heavy atom. The molecule has 0 bridgehead atoms. The summed E-state index contributed by atoms with van der Waals surface area (Å²) in [6.45, 7) is 20.4. The van der Waals surface area contributed by atoms with Crippen molar-refractivity contribution in [3.8, 4) is 16.9 Å². The molecule has 0 aliphatic heterocycles. The van der Waals surface area contributed by atoms with E-state index in [2.05, 4.69) is 111 Å². The third-order valence-electron chi connectivity index (χ3n) is 5.38. The zero-order valence-corrected chi connectivity index (χ0v) is 25.0. The van der Waals surface area contributed by atoms with Crippen molar-refractivity contribution in [3.05, 3.63) is 45.8 Å². The van der Waals surface area contributed by atoms with E-state index in [-0.39, 0.29) is 30.4 Å². The van der Waals surface area contributed by atoms with Crippen molar-refractivity contribution in [1.82, 2.24) is 0 Å². The third kappa shape index (κ3) is 5.85. The first kappa shape index (κ1) is 29.3. The Balaban J connectivity index is 0.00000256. The Morgan fingerprint density at radius 2 is 1.62 bits per heavy atom. The fourth-order valence-electron chi connectivity index (χ4n) is 4.36. The summed E-state index contributed by atoms with van der Waals surface area (Å²) in [4.78, 5) is 0. The van der Waals surface area contributed by atoms with Crippen LogP contribution in [0.1, 0.15) is 58.6 Å². The molecule has 0 radical (unpaired) electrons. The Labute approximate surface area is 219 Å². The number of fused-ring (bicyclic) bond motifs is 3. The second-order valence-electron chi connectivity index (χ2n) is 10.5. The third-order valence-corrected chi connectivity index (χ3v) is 7.01. The molecule has 2 nitrogen and oxygen atoms in total. The summed E-state index contributed by atoms with van der Waals surface area (Å²) in [6, 6.07) is 8.81. The molecule has 0 saturated carbocycles. The van der Waals surface area contributed by atoms with Crippen LogP contribution in [0.4, 0.5) is 5.69 Å². The number of hydrogen-bond donors (Lipinski definition) is 1. The van der Waals surface area contributed by atoms with Gasteiger partial charge in [-0.2, -0.15) is 0 Å². The van der Waals surface area contributed by atoms with E-state index in [0.29, 0.717) is 0 Å². The summed E-state index contributed by atoms with van der Waals surface area (Å²) in [5.41, 5.74) is 7.90. The Morgan fingerprint density at radius 3 is 2.12 bits per heavy atom. The van der Waals surface area contributed by atoms with E-state index in [1.807, 2.05) is 0 Å². The molecule has 1 N–H and O–H groups in total. The molecule has 0 atom stereocenters. The number of nitrogens with one attached hydrogen (secondary N) is 1. The van der Waals surface area contributed by atoms with Gasteiger partial charge in [-0.05, 0) is 0 Å². The molecule has 0 saturated heterocycles. The van der Waals surface area contributed by atoms with Gasteiger partial charge >= 0.3 is 196 Å². The van der Waals surface area contributed by atoms with Crippen LogP contribution in [0.5, 0.6) is 5.75 Å². The van der Waals surface area contributed by atoms with E-state index in [0.717, 1.165) is 18.6 Å². The first-order chi connectivity index (χ1) is 13.9. The van der Waals surface area contributed by atoms with Crippen LogP contribution in [0.15, 0.2) is 24.3 Å². The van der Waals surface area contributed by atoms with Crippen LogP contribution in [-0.4, -0.2) is 13.9 Å². The van der Waals surface area contributed by atoms with Gasteiger partial charge in [-0.15, -0.1) is 0 Å². The molecule has 3 rings (SSSR count). The molecule has 2 aromatic rings. The number of hydrogen-bond acceptors (Lipinski definition) is 2. The second kappa shape index (κ2) is 10.7. The summed E-state index contributed by atoms with van der Waals surface area (Å²) in [6.07, 6.45) is 2.22. The van der Waals surface area contributed by atoms with Crippen LogP contribution in [0.2, 0.25) is 19.6 Å². The summed E-state index contributed by atoms with van der Waals surface area (Å²) >= 11 is 2.26. The molecule has 0 aromatic heterocycles. The fourth-order valence-corrected chi connectivity index (χ4v) is 5.91. The van der Waals surface area contributed by atoms with Crippen LogP contribution in [0.25, 0.3) is 20.6 Å². The van der Waals surface area contributed by atoms with E-state index in [9.17, 15) is 0 Å². The van der Waals surface area contributed by atoms with E-state index in [1.54, 1.807) is 0 Å². The van der Waals surface area contributed by atoms with Gasteiger partial charge in [0.1, 0.15) is 0 Å². The van der Waals surface area contributed by atoms with Gasteiger partial charge in [0.15, 0.2) is 0 Å². The predicted octanol–water partition coefficient (Wildman–Crippen LogP) is 0.0815. The van der Waals surface area contributed by atoms with Crippen molar-refractivity contribution in [1.29, 1.82) is 0 Å². The molecular formula is C26H36Cl2NOSiTi. The number of benzene rings is 2. The normalized spacial score (nSPS) is 13.5. The average Bonchev–Trinajstić information content (AvgIpc) is 2.90.